The first-order chi connectivity index (χ1) is 11.3. The minimum Gasteiger partial charge on any atom is -0.459 e. The largest absolute Gasteiger partial charge is 0.459 e. The first-order valence-electron chi connectivity index (χ1n) is 7.57. The lowest BCUT2D eigenvalue weighted by atomic mass is 9.95. The van der Waals surface area contributed by atoms with Crippen LogP contribution in [-0.2, 0) is 4.79 Å². The van der Waals surface area contributed by atoms with Crippen molar-refractivity contribution in [2.45, 2.75) is 27.7 Å². The van der Waals surface area contributed by atoms with Gasteiger partial charge in [-0.1, -0.05) is 32.9 Å². The van der Waals surface area contributed by atoms with Crippen LogP contribution in [0.15, 0.2) is 52.2 Å². The summed E-state index contributed by atoms with van der Waals surface area (Å²) < 4.78 is 5.00. The summed E-state index contributed by atoms with van der Waals surface area (Å²) in [5.74, 6) is -0.297. The average molecular weight is 327 g/mol. The summed E-state index contributed by atoms with van der Waals surface area (Å²) in [6.07, 6.45) is 1.42. The molecule has 0 saturated heterocycles. The molecule has 2 rings (SSSR count). The predicted molar refractivity (Wildman–Crippen MR) is 92.9 cm³/mol. The zero-order valence-corrected chi connectivity index (χ0v) is 14.2. The molecule has 0 aliphatic carbocycles. The number of rotatable bonds is 4. The first kappa shape index (κ1) is 17.5. The Labute approximate surface area is 140 Å². The van der Waals surface area contributed by atoms with Gasteiger partial charge in [0.1, 0.15) is 0 Å². The quantitative estimate of drug-likeness (QED) is 0.666. The van der Waals surface area contributed by atoms with Crippen molar-refractivity contribution in [2.24, 2.45) is 10.5 Å². The number of hydrazone groups is 1. The van der Waals surface area contributed by atoms with Gasteiger partial charge in [0.05, 0.1) is 12.0 Å². The molecule has 1 aromatic carbocycles. The van der Waals surface area contributed by atoms with Crippen LogP contribution in [0, 0.1) is 5.41 Å². The molecular formula is C18H21N3O3. The Kier molecular flexibility index (Phi) is 5.18. The highest BCUT2D eigenvalue weighted by Gasteiger charge is 2.21. The molecule has 0 radical (unpaired) electrons. The third-order valence-electron chi connectivity index (χ3n) is 3.29. The Hall–Kier alpha value is -2.89. The summed E-state index contributed by atoms with van der Waals surface area (Å²) in [4.78, 5) is 23.8. The second-order valence-electron chi connectivity index (χ2n) is 6.40. The maximum atomic E-state index is 12.1. The van der Waals surface area contributed by atoms with Gasteiger partial charge >= 0.3 is 5.91 Å². The Morgan fingerprint density at radius 2 is 1.88 bits per heavy atom. The van der Waals surface area contributed by atoms with Crippen molar-refractivity contribution in [1.82, 2.24) is 5.43 Å². The third kappa shape index (κ3) is 4.55. The van der Waals surface area contributed by atoms with E-state index < -0.39 is 11.3 Å². The molecule has 1 heterocycles. The van der Waals surface area contributed by atoms with Crippen LogP contribution >= 0.6 is 0 Å². The fraction of sp³-hybridized carbons (Fsp3) is 0.278. The minimum atomic E-state index is -0.476. The van der Waals surface area contributed by atoms with Crippen molar-refractivity contribution in [2.75, 3.05) is 5.32 Å². The molecule has 2 aromatic rings. The van der Waals surface area contributed by atoms with Crippen LogP contribution in [0.3, 0.4) is 0 Å². The predicted octanol–water partition coefficient (Wildman–Crippen LogP) is 3.42. The van der Waals surface area contributed by atoms with Crippen LogP contribution in [0.5, 0.6) is 0 Å². The molecule has 0 unspecified atom stereocenters. The number of nitrogens with one attached hydrogen (secondary N) is 2. The lowest BCUT2D eigenvalue weighted by Crippen LogP contribution is -2.27. The summed E-state index contributed by atoms with van der Waals surface area (Å²) in [5, 5.41) is 6.93. The van der Waals surface area contributed by atoms with E-state index in [2.05, 4.69) is 15.8 Å². The molecule has 2 amide bonds. The SMILES string of the molecule is C/C(=N\NC(=O)c1ccco1)c1cccc(NC(=O)C(C)(C)C)c1. The van der Waals surface area contributed by atoms with Gasteiger partial charge in [0.15, 0.2) is 5.76 Å². The fourth-order valence-corrected chi connectivity index (χ4v) is 1.80. The molecule has 0 bridgehead atoms. The van der Waals surface area contributed by atoms with Crippen LogP contribution in [0.1, 0.15) is 43.8 Å². The monoisotopic (exact) mass is 327 g/mol. The van der Waals surface area contributed by atoms with E-state index in [1.165, 1.54) is 6.26 Å². The van der Waals surface area contributed by atoms with Crippen molar-refractivity contribution < 1.29 is 14.0 Å². The van der Waals surface area contributed by atoms with Crippen molar-refractivity contribution in [1.29, 1.82) is 0 Å². The van der Waals surface area contributed by atoms with Crippen molar-refractivity contribution in [3.05, 3.63) is 54.0 Å². The van der Waals surface area contributed by atoms with E-state index in [-0.39, 0.29) is 11.7 Å². The van der Waals surface area contributed by atoms with Crippen molar-refractivity contribution >= 4 is 23.2 Å². The number of nitrogens with zero attached hydrogens (tertiary/aromatic N) is 1. The number of anilines is 1. The highest BCUT2D eigenvalue weighted by atomic mass is 16.3. The molecule has 0 saturated carbocycles. The average Bonchev–Trinajstić information content (AvgIpc) is 3.06. The van der Waals surface area contributed by atoms with Gasteiger partial charge < -0.3 is 9.73 Å². The molecule has 6 heteroatoms. The summed E-state index contributed by atoms with van der Waals surface area (Å²) >= 11 is 0. The topological polar surface area (TPSA) is 83.7 Å². The highest BCUT2D eigenvalue weighted by Crippen LogP contribution is 2.18. The Bertz CT molecular complexity index is 756. The molecule has 126 valence electrons. The van der Waals surface area contributed by atoms with Gasteiger partial charge in [-0.3, -0.25) is 9.59 Å². The van der Waals surface area contributed by atoms with E-state index in [1.54, 1.807) is 19.1 Å². The molecule has 0 aliphatic heterocycles. The number of carbonyl (C=O) groups excluding carboxylic acids is 2. The van der Waals surface area contributed by atoms with Gasteiger partial charge in [-0.2, -0.15) is 5.10 Å². The Morgan fingerprint density at radius 3 is 2.50 bits per heavy atom. The second kappa shape index (κ2) is 7.12. The zero-order valence-electron chi connectivity index (χ0n) is 14.2. The summed E-state index contributed by atoms with van der Waals surface area (Å²) in [6, 6.07) is 10.5. The van der Waals surface area contributed by atoms with Gasteiger partial charge in [0.2, 0.25) is 5.91 Å². The van der Waals surface area contributed by atoms with Gasteiger partial charge in [0, 0.05) is 11.1 Å². The molecule has 0 atom stereocenters. The Morgan fingerprint density at radius 1 is 1.12 bits per heavy atom. The van der Waals surface area contributed by atoms with E-state index in [9.17, 15) is 9.59 Å². The molecule has 1 aromatic heterocycles. The lowest BCUT2D eigenvalue weighted by molar-refractivity contribution is -0.123. The van der Waals surface area contributed by atoms with E-state index in [4.69, 9.17) is 4.42 Å². The summed E-state index contributed by atoms with van der Waals surface area (Å²) in [5.41, 5.74) is 4.05. The fourth-order valence-electron chi connectivity index (χ4n) is 1.80. The third-order valence-corrected chi connectivity index (χ3v) is 3.29. The van der Waals surface area contributed by atoms with Gasteiger partial charge in [-0.15, -0.1) is 0 Å². The number of amides is 2. The molecule has 0 fully saturated rings. The minimum absolute atomic E-state index is 0.0691. The van der Waals surface area contributed by atoms with Gasteiger partial charge in [-0.25, -0.2) is 5.43 Å². The number of hydrogen-bond acceptors (Lipinski definition) is 4. The number of furan rings is 1. The molecule has 24 heavy (non-hydrogen) atoms. The van der Waals surface area contributed by atoms with Gasteiger partial charge in [-0.05, 0) is 36.8 Å². The van der Waals surface area contributed by atoms with Crippen molar-refractivity contribution in [3.8, 4) is 0 Å². The zero-order chi connectivity index (χ0) is 17.7. The maximum Gasteiger partial charge on any atom is 0.307 e. The molecular weight excluding hydrogens is 306 g/mol. The van der Waals surface area contributed by atoms with Gasteiger partial charge in [0.25, 0.3) is 0 Å². The normalized spacial score (nSPS) is 11.9. The van der Waals surface area contributed by atoms with E-state index >= 15 is 0 Å². The van der Waals surface area contributed by atoms with E-state index in [1.807, 2.05) is 45.0 Å². The van der Waals surface area contributed by atoms with Crippen LogP contribution in [0.4, 0.5) is 5.69 Å². The Balaban J connectivity index is 2.08. The molecule has 0 aliphatic rings. The van der Waals surface area contributed by atoms with E-state index in [0.717, 1.165) is 5.56 Å². The number of benzene rings is 1. The first-order valence-corrected chi connectivity index (χ1v) is 7.57. The smallest absolute Gasteiger partial charge is 0.307 e. The van der Waals surface area contributed by atoms with E-state index in [0.29, 0.717) is 11.4 Å². The molecule has 2 N–H and O–H groups in total. The second-order valence-corrected chi connectivity index (χ2v) is 6.40. The van der Waals surface area contributed by atoms with Crippen LogP contribution in [0.2, 0.25) is 0 Å². The molecule has 6 nitrogen and oxygen atoms in total. The summed E-state index contributed by atoms with van der Waals surface area (Å²) in [6.45, 7) is 7.32. The van der Waals surface area contributed by atoms with Crippen LogP contribution in [0.25, 0.3) is 0 Å². The van der Waals surface area contributed by atoms with Crippen molar-refractivity contribution in [3.63, 3.8) is 0 Å². The number of carbonyl (C=O) groups is 2. The molecule has 0 spiro atoms. The maximum absolute atomic E-state index is 12.1. The van der Waals surface area contributed by atoms with Crippen LogP contribution < -0.4 is 10.7 Å². The lowest BCUT2D eigenvalue weighted by Gasteiger charge is -2.18. The highest BCUT2D eigenvalue weighted by molar-refractivity contribution is 6.02. The summed E-state index contributed by atoms with van der Waals surface area (Å²) in [7, 11) is 0. The van der Waals surface area contributed by atoms with Crippen LogP contribution in [-0.4, -0.2) is 17.5 Å². The number of hydrogen-bond donors (Lipinski definition) is 2. The standard InChI is InChI=1S/C18H21N3O3/c1-12(20-21-16(22)15-9-6-10-24-15)13-7-5-8-14(11-13)19-17(23)18(2,3)4/h5-11H,1-4H3,(H,19,23)(H,21,22)/b20-12+.